The molecule has 0 aliphatic rings. The van der Waals surface area contributed by atoms with Crippen molar-refractivity contribution >= 4 is 5.97 Å². The molecule has 6 heteroatoms. The van der Waals surface area contributed by atoms with Gasteiger partial charge >= 0.3 is 5.97 Å². The van der Waals surface area contributed by atoms with Crippen molar-refractivity contribution in [3.8, 4) is 22.8 Å². The van der Waals surface area contributed by atoms with E-state index in [9.17, 15) is 4.79 Å². The first kappa shape index (κ1) is 12.9. The lowest BCUT2D eigenvalue weighted by atomic mass is 10.1. The second-order valence-corrected chi connectivity index (χ2v) is 3.80. The highest BCUT2D eigenvalue weighted by molar-refractivity contribution is 5.91. The molecule has 2 aromatic rings. The predicted octanol–water partition coefficient (Wildman–Crippen LogP) is 2.37. The number of oxazole rings is 1. The molecule has 100 valence electrons. The van der Waals surface area contributed by atoms with Crippen molar-refractivity contribution in [1.29, 1.82) is 0 Å². The van der Waals surface area contributed by atoms with Crippen LogP contribution in [0.25, 0.3) is 11.3 Å². The Balaban J connectivity index is 2.67. The monoisotopic (exact) mass is 263 g/mol. The van der Waals surface area contributed by atoms with E-state index in [1.54, 1.807) is 6.92 Å². The largest absolute Gasteiger partial charge is 0.496 e. The van der Waals surface area contributed by atoms with Crippen LogP contribution in [0.2, 0.25) is 0 Å². The summed E-state index contributed by atoms with van der Waals surface area (Å²) in [6.07, 6.45) is 1.54. The summed E-state index contributed by atoms with van der Waals surface area (Å²) < 4.78 is 15.9. The normalized spacial score (nSPS) is 10.3. The zero-order valence-electron chi connectivity index (χ0n) is 10.8. The molecule has 19 heavy (non-hydrogen) atoms. The van der Waals surface area contributed by atoms with Crippen molar-refractivity contribution < 1.29 is 23.8 Å². The lowest BCUT2D eigenvalue weighted by Gasteiger charge is -2.12. The summed E-state index contributed by atoms with van der Waals surface area (Å²) in [5, 5.41) is 9.04. The molecule has 0 aliphatic heterocycles. The van der Waals surface area contributed by atoms with Crippen molar-refractivity contribution in [1.82, 2.24) is 4.98 Å². The maximum absolute atomic E-state index is 11.0. The molecule has 6 nitrogen and oxygen atoms in total. The third kappa shape index (κ3) is 2.37. The molecule has 1 aromatic carbocycles. The Morgan fingerprint density at radius 3 is 2.21 bits per heavy atom. The van der Waals surface area contributed by atoms with Crippen LogP contribution in [0.3, 0.4) is 0 Å². The molecule has 2 rings (SSSR count). The summed E-state index contributed by atoms with van der Waals surface area (Å²) >= 11 is 0. The van der Waals surface area contributed by atoms with Gasteiger partial charge in [-0.15, -0.1) is 0 Å². The second-order valence-electron chi connectivity index (χ2n) is 3.80. The van der Waals surface area contributed by atoms with E-state index in [-0.39, 0.29) is 5.56 Å². The number of benzene rings is 1. The predicted molar refractivity (Wildman–Crippen MR) is 66.7 cm³/mol. The number of ether oxygens (including phenoxy) is 2. The van der Waals surface area contributed by atoms with Gasteiger partial charge in [0, 0.05) is 6.92 Å². The van der Waals surface area contributed by atoms with Gasteiger partial charge in [-0.3, -0.25) is 0 Å². The molecule has 0 amide bonds. The number of carboxylic acid groups (broad SMARTS) is 1. The summed E-state index contributed by atoms with van der Waals surface area (Å²) in [5.41, 5.74) is 0.615. The Bertz CT molecular complexity index is 592. The summed E-state index contributed by atoms with van der Waals surface area (Å²) in [4.78, 5) is 15.0. The van der Waals surface area contributed by atoms with Crippen LogP contribution < -0.4 is 9.47 Å². The Morgan fingerprint density at radius 2 is 1.84 bits per heavy atom. The Hall–Kier alpha value is -2.50. The number of aromatic carboxylic acids is 1. The second kappa shape index (κ2) is 5.01. The summed E-state index contributed by atoms with van der Waals surface area (Å²) in [5.74, 6) is 0.613. The number of rotatable bonds is 4. The van der Waals surface area contributed by atoms with Crippen LogP contribution in [0, 0.1) is 6.92 Å². The first-order chi connectivity index (χ1) is 9.06. The van der Waals surface area contributed by atoms with Gasteiger partial charge in [0.05, 0.1) is 26.0 Å². The first-order valence-corrected chi connectivity index (χ1v) is 5.49. The highest BCUT2D eigenvalue weighted by Crippen LogP contribution is 2.39. The van der Waals surface area contributed by atoms with Gasteiger partial charge in [0.2, 0.25) is 0 Å². The van der Waals surface area contributed by atoms with Crippen LogP contribution in [0.4, 0.5) is 0 Å². The van der Waals surface area contributed by atoms with Crippen LogP contribution in [-0.4, -0.2) is 30.3 Å². The van der Waals surface area contributed by atoms with Crippen LogP contribution >= 0.6 is 0 Å². The zero-order valence-corrected chi connectivity index (χ0v) is 10.8. The smallest absolute Gasteiger partial charge is 0.335 e. The molecule has 1 N–H and O–H groups in total. The van der Waals surface area contributed by atoms with Crippen molar-refractivity contribution in [2.45, 2.75) is 6.92 Å². The standard InChI is InChI=1S/C13H13NO5/c1-7-14-6-11(19-7)12-9(17-2)4-8(13(15)16)5-10(12)18-3/h4-6H,1-3H3,(H,15,16). The molecule has 1 heterocycles. The molecular formula is C13H13NO5. The molecular weight excluding hydrogens is 250 g/mol. The molecule has 0 bridgehead atoms. The number of carboxylic acids is 1. The first-order valence-electron chi connectivity index (χ1n) is 5.49. The number of aromatic nitrogens is 1. The summed E-state index contributed by atoms with van der Waals surface area (Å²) in [6.45, 7) is 1.72. The van der Waals surface area contributed by atoms with Gasteiger partial charge < -0.3 is 19.0 Å². The van der Waals surface area contributed by atoms with Gasteiger partial charge in [-0.1, -0.05) is 0 Å². The average molecular weight is 263 g/mol. The Kier molecular flexibility index (Phi) is 3.41. The lowest BCUT2D eigenvalue weighted by Crippen LogP contribution is -2.00. The lowest BCUT2D eigenvalue weighted by molar-refractivity contribution is 0.0696. The van der Waals surface area contributed by atoms with E-state index in [2.05, 4.69) is 4.98 Å². The fourth-order valence-electron chi connectivity index (χ4n) is 1.76. The number of aryl methyl sites for hydroxylation is 1. The maximum atomic E-state index is 11.0. The minimum atomic E-state index is -1.06. The topological polar surface area (TPSA) is 81.8 Å². The molecule has 0 saturated heterocycles. The Morgan fingerprint density at radius 1 is 1.26 bits per heavy atom. The van der Waals surface area contributed by atoms with Crippen LogP contribution in [0.5, 0.6) is 11.5 Å². The van der Waals surface area contributed by atoms with E-state index in [1.165, 1.54) is 32.5 Å². The number of nitrogens with zero attached hydrogens (tertiary/aromatic N) is 1. The molecule has 0 atom stereocenters. The van der Waals surface area contributed by atoms with E-state index in [1.807, 2.05) is 0 Å². The van der Waals surface area contributed by atoms with Gasteiger partial charge in [-0.25, -0.2) is 9.78 Å². The highest BCUT2D eigenvalue weighted by atomic mass is 16.5. The number of methoxy groups -OCH3 is 2. The number of hydrogen-bond acceptors (Lipinski definition) is 5. The van der Waals surface area contributed by atoms with E-state index in [0.717, 1.165) is 0 Å². The van der Waals surface area contributed by atoms with Gasteiger partial charge in [0.1, 0.15) is 17.1 Å². The van der Waals surface area contributed by atoms with Crippen molar-refractivity contribution in [2.75, 3.05) is 14.2 Å². The SMILES string of the molecule is COc1cc(C(=O)O)cc(OC)c1-c1cnc(C)o1. The third-order valence-corrected chi connectivity index (χ3v) is 2.62. The highest BCUT2D eigenvalue weighted by Gasteiger charge is 2.20. The van der Waals surface area contributed by atoms with E-state index in [4.69, 9.17) is 19.0 Å². The summed E-state index contributed by atoms with van der Waals surface area (Å²) in [6, 6.07) is 2.83. The molecule has 1 aromatic heterocycles. The Labute approximate surface area is 109 Å². The van der Waals surface area contributed by atoms with Crippen molar-refractivity contribution in [2.24, 2.45) is 0 Å². The fraction of sp³-hybridized carbons (Fsp3) is 0.231. The van der Waals surface area contributed by atoms with Crippen LogP contribution in [0.15, 0.2) is 22.7 Å². The van der Waals surface area contributed by atoms with E-state index >= 15 is 0 Å². The molecule has 0 spiro atoms. The van der Waals surface area contributed by atoms with Gasteiger partial charge in [-0.05, 0) is 12.1 Å². The molecule has 0 unspecified atom stereocenters. The van der Waals surface area contributed by atoms with Crippen LogP contribution in [-0.2, 0) is 0 Å². The molecule has 0 fully saturated rings. The minimum absolute atomic E-state index is 0.0775. The molecule has 0 saturated carbocycles. The molecule has 0 radical (unpaired) electrons. The van der Waals surface area contributed by atoms with Gasteiger partial charge in [0.25, 0.3) is 0 Å². The summed E-state index contributed by atoms with van der Waals surface area (Å²) in [7, 11) is 2.90. The third-order valence-electron chi connectivity index (χ3n) is 2.62. The van der Waals surface area contributed by atoms with Crippen molar-refractivity contribution in [3.63, 3.8) is 0 Å². The fourth-order valence-corrected chi connectivity index (χ4v) is 1.76. The average Bonchev–Trinajstić information content (AvgIpc) is 2.83. The minimum Gasteiger partial charge on any atom is -0.496 e. The van der Waals surface area contributed by atoms with E-state index in [0.29, 0.717) is 28.7 Å². The zero-order chi connectivity index (χ0) is 14.0. The molecule has 0 aliphatic carbocycles. The number of carbonyl (C=O) groups is 1. The van der Waals surface area contributed by atoms with Crippen molar-refractivity contribution in [3.05, 3.63) is 29.8 Å². The van der Waals surface area contributed by atoms with Crippen LogP contribution in [0.1, 0.15) is 16.2 Å². The maximum Gasteiger partial charge on any atom is 0.335 e. The number of hydrogen-bond donors (Lipinski definition) is 1. The van der Waals surface area contributed by atoms with E-state index < -0.39 is 5.97 Å². The quantitative estimate of drug-likeness (QED) is 0.911. The van der Waals surface area contributed by atoms with Gasteiger partial charge in [0.15, 0.2) is 11.7 Å². The van der Waals surface area contributed by atoms with Gasteiger partial charge in [-0.2, -0.15) is 0 Å².